The number of ketones is 1. The zero-order chi connectivity index (χ0) is 20.3. The minimum atomic E-state index is -2.80. The molecule has 1 heterocycles. The van der Waals surface area contributed by atoms with E-state index in [0.717, 1.165) is 47.8 Å². The second-order valence-electron chi connectivity index (χ2n) is 8.88. The van der Waals surface area contributed by atoms with E-state index >= 15 is 0 Å². The van der Waals surface area contributed by atoms with Gasteiger partial charge in [0.2, 0.25) is 0 Å². The number of Topliss-reactive ketones (excluding diaryl/α,β-unsaturated/α-hetero) is 1. The largest absolute Gasteiger partial charge is 0.299 e. The van der Waals surface area contributed by atoms with Crippen LogP contribution in [-0.2, 0) is 29.6 Å². The van der Waals surface area contributed by atoms with Gasteiger partial charge in [0.05, 0.1) is 11.1 Å². The highest BCUT2D eigenvalue weighted by Gasteiger charge is 2.45. The molecule has 2 aromatic rings. The van der Waals surface area contributed by atoms with Crippen molar-refractivity contribution in [3.8, 4) is 0 Å². The zero-order valence-corrected chi connectivity index (χ0v) is 17.1. The van der Waals surface area contributed by atoms with Crippen molar-refractivity contribution in [2.45, 2.75) is 83.6 Å². The molecule has 0 saturated heterocycles. The number of carbonyl (C=O) groups excluding carboxylic acids is 1. The third kappa shape index (κ3) is 3.19. The molecule has 1 fully saturated rings. The molecular weight excluding hydrogens is 358 g/mol. The second-order valence-corrected chi connectivity index (χ2v) is 8.88. The van der Waals surface area contributed by atoms with Gasteiger partial charge in [0, 0.05) is 18.5 Å². The first-order chi connectivity index (χ1) is 13.1. The van der Waals surface area contributed by atoms with Gasteiger partial charge in [0.1, 0.15) is 12.3 Å². The van der Waals surface area contributed by atoms with Crippen LogP contribution in [0.25, 0.3) is 0 Å². The topological polar surface area (TPSA) is 34.9 Å². The lowest BCUT2D eigenvalue weighted by Crippen LogP contribution is -2.41. The summed E-state index contributed by atoms with van der Waals surface area (Å²) in [6, 6.07) is 6.15. The lowest BCUT2D eigenvalue weighted by Gasteiger charge is -2.37. The number of aromatic nitrogens is 2. The van der Waals surface area contributed by atoms with Crippen LogP contribution in [0.2, 0.25) is 0 Å². The average Bonchev–Trinajstić information content (AvgIpc) is 3.37. The van der Waals surface area contributed by atoms with Crippen LogP contribution in [0.1, 0.15) is 72.7 Å². The summed E-state index contributed by atoms with van der Waals surface area (Å²) >= 11 is 0. The molecule has 2 aliphatic rings. The highest BCUT2D eigenvalue weighted by Crippen LogP contribution is 2.48. The molecule has 1 aromatic carbocycles. The Morgan fingerprint density at radius 1 is 1.32 bits per heavy atom. The van der Waals surface area contributed by atoms with Gasteiger partial charge in [0.15, 0.2) is 0 Å². The number of fused-ring (bicyclic) bond motifs is 1. The number of benzene rings is 1. The van der Waals surface area contributed by atoms with E-state index in [9.17, 15) is 13.6 Å². The molecule has 1 unspecified atom stereocenters. The minimum Gasteiger partial charge on any atom is -0.299 e. The summed E-state index contributed by atoms with van der Waals surface area (Å²) < 4.78 is 29.1. The molecule has 28 heavy (non-hydrogen) atoms. The lowest BCUT2D eigenvalue weighted by molar-refractivity contribution is -0.123. The van der Waals surface area contributed by atoms with Gasteiger partial charge in [-0.2, -0.15) is 5.10 Å². The Balaban J connectivity index is 1.83. The van der Waals surface area contributed by atoms with E-state index in [4.69, 9.17) is 0 Å². The predicted molar refractivity (Wildman–Crippen MR) is 105 cm³/mol. The molecule has 0 bridgehead atoms. The number of carbonyl (C=O) groups is 1. The van der Waals surface area contributed by atoms with Gasteiger partial charge in [-0.25, -0.2) is 8.78 Å². The number of halogens is 2. The van der Waals surface area contributed by atoms with E-state index in [1.807, 2.05) is 6.07 Å². The number of aryl methyl sites for hydroxylation is 2. The Morgan fingerprint density at radius 2 is 2.04 bits per heavy atom. The highest BCUT2D eigenvalue weighted by molar-refractivity contribution is 5.89. The average molecular weight is 386 g/mol. The third-order valence-corrected chi connectivity index (χ3v) is 6.63. The molecular formula is C23H28F2N2O. The maximum absolute atomic E-state index is 13.8. The quantitative estimate of drug-likeness (QED) is 0.721. The van der Waals surface area contributed by atoms with Crippen LogP contribution in [0.5, 0.6) is 0 Å². The van der Waals surface area contributed by atoms with Crippen molar-refractivity contribution in [3.63, 3.8) is 0 Å². The van der Waals surface area contributed by atoms with Crippen molar-refractivity contribution in [2.24, 2.45) is 0 Å². The fourth-order valence-corrected chi connectivity index (χ4v) is 4.87. The van der Waals surface area contributed by atoms with Gasteiger partial charge < -0.3 is 0 Å². The first-order valence-electron chi connectivity index (χ1n) is 10.2. The first kappa shape index (κ1) is 19.3. The van der Waals surface area contributed by atoms with Gasteiger partial charge in [-0.3, -0.25) is 9.48 Å². The van der Waals surface area contributed by atoms with Crippen LogP contribution >= 0.6 is 0 Å². The third-order valence-electron chi connectivity index (χ3n) is 6.63. The molecule has 0 amide bonds. The molecule has 5 heteroatoms. The molecule has 1 saturated carbocycles. The normalized spacial score (nSPS) is 22.2. The van der Waals surface area contributed by atoms with Crippen LogP contribution in [0.15, 0.2) is 18.2 Å². The monoisotopic (exact) mass is 386 g/mol. The fourth-order valence-electron chi connectivity index (χ4n) is 4.87. The Kier molecular flexibility index (Phi) is 4.48. The molecule has 150 valence electrons. The maximum atomic E-state index is 13.8. The van der Waals surface area contributed by atoms with E-state index in [0.29, 0.717) is 25.2 Å². The van der Waals surface area contributed by atoms with E-state index in [1.54, 1.807) is 11.6 Å². The molecule has 0 spiro atoms. The molecule has 2 aliphatic carbocycles. The number of nitrogens with zero attached hydrogens (tertiary/aromatic N) is 2. The fraction of sp³-hybridized carbons (Fsp3) is 0.565. The number of alkyl halides is 2. The summed E-state index contributed by atoms with van der Waals surface area (Å²) in [5, 5.41) is 4.58. The smallest absolute Gasteiger partial charge is 0.264 e. The predicted octanol–water partition coefficient (Wildman–Crippen LogP) is 5.05. The van der Waals surface area contributed by atoms with Gasteiger partial charge in [-0.05, 0) is 75.1 Å². The molecule has 0 N–H and O–H groups in total. The van der Waals surface area contributed by atoms with Crippen LogP contribution in [-0.4, -0.2) is 21.5 Å². The van der Waals surface area contributed by atoms with Crippen molar-refractivity contribution in [2.75, 3.05) is 0 Å². The van der Waals surface area contributed by atoms with Gasteiger partial charge in [-0.1, -0.05) is 18.2 Å². The van der Waals surface area contributed by atoms with Crippen molar-refractivity contribution in [3.05, 3.63) is 51.8 Å². The van der Waals surface area contributed by atoms with Gasteiger partial charge >= 0.3 is 0 Å². The highest BCUT2D eigenvalue weighted by atomic mass is 19.3. The molecule has 0 radical (unpaired) electrons. The van der Waals surface area contributed by atoms with Crippen molar-refractivity contribution >= 4 is 5.78 Å². The minimum absolute atomic E-state index is 0.155. The number of hydrogen-bond donors (Lipinski definition) is 0. The number of hydrogen-bond acceptors (Lipinski definition) is 2. The van der Waals surface area contributed by atoms with E-state index in [1.165, 1.54) is 5.56 Å². The summed E-state index contributed by atoms with van der Waals surface area (Å²) in [5.41, 5.74) is 5.74. The van der Waals surface area contributed by atoms with Gasteiger partial charge in [-0.15, -0.1) is 0 Å². The standard InChI is InChI=1S/C23H28F2N2O/c1-14-6-5-7-19(15(14)2)23(16(3)28)11-10-20-18(12-23)21(17-8-9-17)27(26-20)13-22(4,24)25/h5-7,17H,8-13H2,1-4H3. The Morgan fingerprint density at radius 3 is 2.64 bits per heavy atom. The van der Waals surface area contributed by atoms with E-state index < -0.39 is 11.3 Å². The number of rotatable bonds is 5. The Hall–Kier alpha value is -2.04. The Labute approximate surface area is 165 Å². The summed E-state index contributed by atoms with van der Waals surface area (Å²) in [6.07, 6.45) is 3.95. The van der Waals surface area contributed by atoms with Crippen LogP contribution in [0.4, 0.5) is 8.78 Å². The molecule has 3 nitrogen and oxygen atoms in total. The van der Waals surface area contributed by atoms with Crippen molar-refractivity contribution < 1.29 is 13.6 Å². The van der Waals surface area contributed by atoms with Crippen LogP contribution < -0.4 is 0 Å². The summed E-state index contributed by atoms with van der Waals surface area (Å²) in [4.78, 5) is 13.0. The van der Waals surface area contributed by atoms with E-state index in [-0.39, 0.29) is 12.3 Å². The van der Waals surface area contributed by atoms with Crippen molar-refractivity contribution in [1.29, 1.82) is 0 Å². The van der Waals surface area contributed by atoms with E-state index in [2.05, 4.69) is 31.1 Å². The Bertz CT molecular complexity index is 937. The summed E-state index contributed by atoms with van der Waals surface area (Å²) in [7, 11) is 0. The SMILES string of the molecule is CC(=O)C1(c2cccc(C)c2C)CCc2nn(CC(C)(F)F)c(C3CC3)c2C1. The summed E-state index contributed by atoms with van der Waals surface area (Å²) in [6.45, 7) is 6.38. The maximum Gasteiger partial charge on any atom is 0.264 e. The first-order valence-corrected chi connectivity index (χ1v) is 10.2. The molecule has 1 atom stereocenters. The molecule has 4 rings (SSSR count). The zero-order valence-electron chi connectivity index (χ0n) is 17.1. The van der Waals surface area contributed by atoms with Gasteiger partial charge in [0.25, 0.3) is 5.92 Å². The summed E-state index contributed by atoms with van der Waals surface area (Å²) in [5.74, 6) is -2.34. The second kappa shape index (κ2) is 6.50. The molecule has 1 aromatic heterocycles. The lowest BCUT2D eigenvalue weighted by atomic mass is 9.64. The molecule has 0 aliphatic heterocycles. The van der Waals surface area contributed by atoms with Crippen LogP contribution in [0.3, 0.4) is 0 Å². The van der Waals surface area contributed by atoms with Crippen molar-refractivity contribution in [1.82, 2.24) is 9.78 Å². The van der Waals surface area contributed by atoms with Crippen LogP contribution in [0, 0.1) is 13.8 Å².